The second-order valence-electron chi connectivity index (χ2n) is 6.36. The average Bonchev–Trinajstić information content (AvgIpc) is 3.19. The predicted octanol–water partition coefficient (Wildman–Crippen LogP) is 4.40. The Morgan fingerprint density at radius 1 is 1.11 bits per heavy atom. The first-order chi connectivity index (χ1) is 13.6. The van der Waals surface area contributed by atoms with E-state index in [2.05, 4.69) is 27.3 Å². The van der Waals surface area contributed by atoms with E-state index in [4.69, 9.17) is 0 Å². The van der Waals surface area contributed by atoms with Crippen molar-refractivity contribution in [1.82, 2.24) is 19.6 Å². The average molecular weight is 389 g/mol. The number of fused-ring (bicyclic) bond motifs is 1. The highest BCUT2D eigenvalue weighted by Crippen LogP contribution is 2.29. The Balaban J connectivity index is 1.50. The molecule has 0 saturated heterocycles. The molecule has 2 aromatic carbocycles. The van der Waals surface area contributed by atoms with E-state index in [1.54, 1.807) is 16.3 Å². The summed E-state index contributed by atoms with van der Waals surface area (Å²) in [6.45, 7) is 4.06. The number of amides is 1. The fourth-order valence-electron chi connectivity index (χ4n) is 2.72. The Kier molecular flexibility index (Phi) is 5.08. The molecule has 4 aromatic rings. The SMILES string of the molecule is CCc1cc(Sc2ccc(NC(=O)c3ccc(C)cc3)cc2)n2ncnc2n1. The lowest BCUT2D eigenvalue weighted by Crippen LogP contribution is -2.11. The molecule has 0 saturated carbocycles. The van der Waals surface area contributed by atoms with Crippen LogP contribution in [0.15, 0.2) is 70.8 Å². The Labute approximate surface area is 167 Å². The molecule has 6 nitrogen and oxygen atoms in total. The van der Waals surface area contributed by atoms with Crippen LogP contribution in [0.25, 0.3) is 5.78 Å². The zero-order chi connectivity index (χ0) is 19.5. The van der Waals surface area contributed by atoms with Gasteiger partial charge in [0.2, 0.25) is 0 Å². The second-order valence-corrected chi connectivity index (χ2v) is 7.45. The van der Waals surface area contributed by atoms with E-state index >= 15 is 0 Å². The molecule has 1 N–H and O–H groups in total. The van der Waals surface area contributed by atoms with Crippen LogP contribution < -0.4 is 5.32 Å². The van der Waals surface area contributed by atoms with Gasteiger partial charge in [-0.3, -0.25) is 4.79 Å². The van der Waals surface area contributed by atoms with Crippen molar-refractivity contribution < 1.29 is 4.79 Å². The summed E-state index contributed by atoms with van der Waals surface area (Å²) in [5, 5.41) is 8.13. The van der Waals surface area contributed by atoms with Gasteiger partial charge >= 0.3 is 0 Å². The maximum absolute atomic E-state index is 12.3. The summed E-state index contributed by atoms with van der Waals surface area (Å²) in [6.07, 6.45) is 2.34. The van der Waals surface area contributed by atoms with Gasteiger partial charge in [-0.25, -0.2) is 4.98 Å². The molecular formula is C21H19N5OS. The molecule has 1 amide bonds. The summed E-state index contributed by atoms with van der Waals surface area (Å²) in [7, 11) is 0. The van der Waals surface area contributed by atoms with Crippen LogP contribution in [0.2, 0.25) is 0 Å². The normalized spacial score (nSPS) is 10.9. The number of nitrogens with zero attached hydrogens (tertiary/aromatic N) is 4. The molecule has 0 radical (unpaired) electrons. The number of carbonyl (C=O) groups is 1. The fraction of sp³-hybridized carbons (Fsp3) is 0.143. The first-order valence-electron chi connectivity index (χ1n) is 8.98. The highest BCUT2D eigenvalue weighted by atomic mass is 32.2. The van der Waals surface area contributed by atoms with Gasteiger partial charge in [-0.15, -0.1) is 0 Å². The van der Waals surface area contributed by atoms with E-state index in [1.165, 1.54) is 6.33 Å². The number of hydrogen-bond acceptors (Lipinski definition) is 5. The van der Waals surface area contributed by atoms with Crippen LogP contribution in [-0.4, -0.2) is 25.5 Å². The first kappa shape index (κ1) is 18.2. The molecule has 0 unspecified atom stereocenters. The van der Waals surface area contributed by atoms with Gasteiger partial charge in [-0.05, 0) is 55.8 Å². The molecule has 0 atom stereocenters. The van der Waals surface area contributed by atoms with Crippen molar-refractivity contribution in [2.75, 3.05) is 5.32 Å². The predicted molar refractivity (Wildman–Crippen MR) is 110 cm³/mol. The number of nitrogens with one attached hydrogen (secondary N) is 1. The lowest BCUT2D eigenvalue weighted by molar-refractivity contribution is 0.102. The fourth-order valence-corrected chi connectivity index (χ4v) is 3.64. The largest absolute Gasteiger partial charge is 0.322 e. The van der Waals surface area contributed by atoms with Crippen LogP contribution in [0.4, 0.5) is 5.69 Å². The zero-order valence-electron chi connectivity index (χ0n) is 15.6. The third-order valence-electron chi connectivity index (χ3n) is 4.28. The van der Waals surface area contributed by atoms with Gasteiger partial charge in [0, 0.05) is 21.8 Å². The van der Waals surface area contributed by atoms with Gasteiger partial charge in [-0.1, -0.05) is 36.4 Å². The van der Waals surface area contributed by atoms with Crippen molar-refractivity contribution >= 4 is 29.1 Å². The summed E-state index contributed by atoms with van der Waals surface area (Å²) in [5.41, 5.74) is 3.50. The van der Waals surface area contributed by atoms with Crippen LogP contribution in [0.3, 0.4) is 0 Å². The standard InChI is InChI=1S/C21H19N5OS/c1-3-16-12-19(26-21(25-16)22-13-23-26)28-18-10-8-17(9-11-18)24-20(27)15-6-4-14(2)5-7-15/h4-13H,3H2,1-2H3,(H,24,27). The molecule has 0 aliphatic heterocycles. The van der Waals surface area contributed by atoms with Gasteiger partial charge in [0.05, 0.1) is 0 Å². The number of aromatic nitrogens is 4. The summed E-state index contributed by atoms with van der Waals surface area (Å²) in [6, 6.07) is 17.3. The van der Waals surface area contributed by atoms with Gasteiger partial charge in [-0.2, -0.15) is 14.6 Å². The monoisotopic (exact) mass is 389 g/mol. The van der Waals surface area contributed by atoms with Crippen LogP contribution in [0, 0.1) is 6.92 Å². The van der Waals surface area contributed by atoms with Crippen molar-refractivity contribution in [3.63, 3.8) is 0 Å². The van der Waals surface area contributed by atoms with E-state index in [1.807, 2.05) is 61.5 Å². The third-order valence-corrected chi connectivity index (χ3v) is 5.29. The summed E-state index contributed by atoms with van der Waals surface area (Å²) < 4.78 is 1.73. The molecule has 7 heteroatoms. The Bertz CT molecular complexity index is 1120. The summed E-state index contributed by atoms with van der Waals surface area (Å²) in [5.74, 6) is 0.482. The maximum Gasteiger partial charge on any atom is 0.255 e. The zero-order valence-corrected chi connectivity index (χ0v) is 16.4. The summed E-state index contributed by atoms with van der Waals surface area (Å²) in [4.78, 5) is 22.0. The number of benzene rings is 2. The van der Waals surface area contributed by atoms with Crippen molar-refractivity contribution in [3.05, 3.63) is 77.7 Å². The van der Waals surface area contributed by atoms with Crippen LogP contribution in [0.5, 0.6) is 0 Å². The van der Waals surface area contributed by atoms with Crippen molar-refractivity contribution in [2.24, 2.45) is 0 Å². The molecule has 0 bridgehead atoms. The summed E-state index contributed by atoms with van der Waals surface area (Å²) >= 11 is 1.58. The molecule has 2 aromatic heterocycles. The van der Waals surface area contributed by atoms with E-state index in [0.29, 0.717) is 11.3 Å². The Morgan fingerprint density at radius 3 is 2.57 bits per heavy atom. The molecule has 0 aliphatic rings. The quantitative estimate of drug-likeness (QED) is 0.512. The second kappa shape index (κ2) is 7.82. The molecule has 140 valence electrons. The molecule has 0 fully saturated rings. The van der Waals surface area contributed by atoms with Gasteiger partial charge < -0.3 is 5.32 Å². The van der Waals surface area contributed by atoms with Gasteiger partial charge in [0.15, 0.2) is 0 Å². The maximum atomic E-state index is 12.3. The van der Waals surface area contributed by atoms with Gasteiger partial charge in [0.1, 0.15) is 11.4 Å². The Morgan fingerprint density at radius 2 is 1.86 bits per heavy atom. The highest BCUT2D eigenvalue weighted by molar-refractivity contribution is 7.99. The lowest BCUT2D eigenvalue weighted by atomic mass is 10.1. The third kappa shape index (κ3) is 3.89. The van der Waals surface area contributed by atoms with E-state index < -0.39 is 0 Å². The molecule has 2 heterocycles. The topological polar surface area (TPSA) is 72.2 Å². The van der Waals surface area contributed by atoms with Crippen molar-refractivity contribution in [3.8, 4) is 0 Å². The van der Waals surface area contributed by atoms with E-state index in [9.17, 15) is 4.79 Å². The number of anilines is 1. The van der Waals surface area contributed by atoms with Crippen LogP contribution >= 0.6 is 11.8 Å². The molecule has 0 aliphatic carbocycles. The Hall–Kier alpha value is -3.19. The minimum atomic E-state index is -0.119. The van der Waals surface area contributed by atoms with Crippen LogP contribution in [0.1, 0.15) is 28.5 Å². The number of rotatable bonds is 5. The molecular weight excluding hydrogens is 370 g/mol. The smallest absolute Gasteiger partial charge is 0.255 e. The van der Waals surface area contributed by atoms with E-state index in [0.717, 1.165) is 33.3 Å². The minimum absolute atomic E-state index is 0.119. The lowest BCUT2D eigenvalue weighted by Gasteiger charge is -2.08. The highest BCUT2D eigenvalue weighted by Gasteiger charge is 2.09. The number of hydrogen-bond donors (Lipinski definition) is 1. The molecule has 4 rings (SSSR count). The first-order valence-corrected chi connectivity index (χ1v) is 9.79. The van der Waals surface area contributed by atoms with Crippen LogP contribution in [-0.2, 0) is 6.42 Å². The number of aryl methyl sites for hydroxylation is 2. The van der Waals surface area contributed by atoms with Crippen molar-refractivity contribution in [1.29, 1.82) is 0 Å². The molecule has 0 spiro atoms. The van der Waals surface area contributed by atoms with Gasteiger partial charge in [0.25, 0.3) is 11.7 Å². The minimum Gasteiger partial charge on any atom is -0.322 e. The number of carbonyl (C=O) groups excluding carboxylic acids is 1. The molecule has 28 heavy (non-hydrogen) atoms. The van der Waals surface area contributed by atoms with Crippen molar-refractivity contribution in [2.45, 2.75) is 30.2 Å². The van der Waals surface area contributed by atoms with E-state index in [-0.39, 0.29) is 5.91 Å².